The molecule has 0 unspecified atom stereocenters. The Balaban J connectivity index is 1.39. The Morgan fingerprint density at radius 3 is 2.63 bits per heavy atom. The summed E-state index contributed by atoms with van der Waals surface area (Å²) in [6.45, 7) is 4.87. The van der Waals surface area contributed by atoms with E-state index in [1.165, 1.54) is 5.56 Å². The van der Waals surface area contributed by atoms with Crippen LogP contribution >= 0.6 is 0 Å². The van der Waals surface area contributed by atoms with Crippen molar-refractivity contribution < 1.29 is 9.59 Å². The average Bonchev–Trinajstić information content (AvgIpc) is 3.16. The van der Waals surface area contributed by atoms with E-state index >= 15 is 0 Å². The van der Waals surface area contributed by atoms with E-state index in [9.17, 15) is 9.59 Å². The van der Waals surface area contributed by atoms with Gasteiger partial charge in [-0.25, -0.2) is 0 Å². The van der Waals surface area contributed by atoms with Gasteiger partial charge in [-0.3, -0.25) is 19.6 Å². The van der Waals surface area contributed by atoms with Crippen LogP contribution in [0.5, 0.6) is 0 Å². The number of pyridine rings is 2. The summed E-state index contributed by atoms with van der Waals surface area (Å²) in [6, 6.07) is 13.6. The number of rotatable bonds is 5. The molecule has 0 radical (unpaired) electrons. The van der Waals surface area contributed by atoms with E-state index in [-0.39, 0.29) is 24.2 Å². The standard InChI is InChI=1S/C24H24N4O2/c1-16-3-4-21(11-17(16)2)28-15-20(13-23(28)29)24(30)27-14-18-5-10-26-22(12-18)19-6-8-25-9-7-19/h3-12,20H,13-15H2,1-2H3,(H,27,30)/t20-/m1/s1. The van der Waals surface area contributed by atoms with Gasteiger partial charge in [0.2, 0.25) is 11.8 Å². The SMILES string of the molecule is Cc1ccc(N2C[C@H](C(=O)NCc3ccnc(-c4ccncc4)c3)CC2=O)cc1C. The Bertz CT molecular complexity index is 1080. The third kappa shape index (κ3) is 4.22. The second-order valence-electron chi connectivity index (χ2n) is 7.68. The van der Waals surface area contributed by atoms with Gasteiger partial charge >= 0.3 is 0 Å². The van der Waals surface area contributed by atoms with Crippen LogP contribution in [0.25, 0.3) is 11.3 Å². The van der Waals surface area contributed by atoms with Crippen LogP contribution in [0.1, 0.15) is 23.1 Å². The van der Waals surface area contributed by atoms with Crippen molar-refractivity contribution in [2.75, 3.05) is 11.4 Å². The normalized spacial score (nSPS) is 16.0. The fourth-order valence-electron chi connectivity index (χ4n) is 3.62. The van der Waals surface area contributed by atoms with Crippen molar-refractivity contribution in [2.24, 2.45) is 5.92 Å². The molecule has 1 aromatic carbocycles. The first-order valence-corrected chi connectivity index (χ1v) is 10.0. The van der Waals surface area contributed by atoms with Gasteiger partial charge in [0.05, 0.1) is 11.6 Å². The van der Waals surface area contributed by atoms with Crippen LogP contribution in [-0.2, 0) is 16.1 Å². The van der Waals surface area contributed by atoms with Crippen LogP contribution in [-0.4, -0.2) is 28.3 Å². The molecule has 0 aliphatic carbocycles. The number of amides is 2. The third-order valence-electron chi connectivity index (χ3n) is 5.57. The summed E-state index contributed by atoms with van der Waals surface area (Å²) in [5, 5.41) is 2.97. The minimum Gasteiger partial charge on any atom is -0.352 e. The van der Waals surface area contributed by atoms with Crippen molar-refractivity contribution in [2.45, 2.75) is 26.8 Å². The van der Waals surface area contributed by atoms with Gasteiger partial charge in [0.25, 0.3) is 0 Å². The highest BCUT2D eigenvalue weighted by atomic mass is 16.2. The Morgan fingerprint density at radius 2 is 1.87 bits per heavy atom. The van der Waals surface area contributed by atoms with Crippen LogP contribution in [0, 0.1) is 19.8 Å². The second kappa shape index (κ2) is 8.45. The van der Waals surface area contributed by atoms with Gasteiger partial charge < -0.3 is 10.2 Å². The molecule has 0 bridgehead atoms. The number of anilines is 1. The lowest BCUT2D eigenvalue weighted by Gasteiger charge is -2.18. The van der Waals surface area contributed by atoms with Gasteiger partial charge in [-0.05, 0) is 66.9 Å². The average molecular weight is 400 g/mol. The van der Waals surface area contributed by atoms with Crippen molar-refractivity contribution in [3.63, 3.8) is 0 Å². The van der Waals surface area contributed by atoms with E-state index in [2.05, 4.69) is 15.3 Å². The van der Waals surface area contributed by atoms with Crippen LogP contribution in [0.4, 0.5) is 5.69 Å². The summed E-state index contributed by atoms with van der Waals surface area (Å²) >= 11 is 0. The summed E-state index contributed by atoms with van der Waals surface area (Å²) < 4.78 is 0. The molecule has 1 atom stereocenters. The van der Waals surface area contributed by atoms with E-state index in [0.717, 1.165) is 28.1 Å². The maximum atomic E-state index is 12.7. The third-order valence-corrected chi connectivity index (χ3v) is 5.57. The number of hydrogen-bond donors (Lipinski definition) is 1. The highest BCUT2D eigenvalue weighted by molar-refractivity contribution is 6.00. The zero-order chi connectivity index (χ0) is 21.1. The van der Waals surface area contributed by atoms with Gasteiger partial charge in [-0.15, -0.1) is 0 Å². The monoisotopic (exact) mass is 400 g/mol. The zero-order valence-corrected chi connectivity index (χ0v) is 17.1. The zero-order valence-electron chi connectivity index (χ0n) is 17.1. The molecule has 1 aliphatic heterocycles. The first-order chi connectivity index (χ1) is 14.5. The summed E-state index contributed by atoms with van der Waals surface area (Å²) in [6.07, 6.45) is 5.42. The maximum absolute atomic E-state index is 12.7. The minimum absolute atomic E-state index is 0.0118. The van der Waals surface area contributed by atoms with Gasteiger partial charge in [-0.1, -0.05) is 6.07 Å². The Labute approximate surface area is 176 Å². The quantitative estimate of drug-likeness (QED) is 0.712. The maximum Gasteiger partial charge on any atom is 0.227 e. The van der Waals surface area contributed by atoms with Gasteiger partial charge in [0.1, 0.15) is 0 Å². The number of hydrogen-bond acceptors (Lipinski definition) is 4. The topological polar surface area (TPSA) is 75.2 Å². The van der Waals surface area contributed by atoms with Crippen molar-refractivity contribution in [3.8, 4) is 11.3 Å². The van der Waals surface area contributed by atoms with E-state index in [4.69, 9.17) is 0 Å². The lowest BCUT2D eigenvalue weighted by molar-refractivity contribution is -0.126. The molecule has 6 nitrogen and oxygen atoms in total. The molecular formula is C24H24N4O2. The van der Waals surface area contributed by atoms with Crippen molar-refractivity contribution in [1.82, 2.24) is 15.3 Å². The summed E-state index contributed by atoms with van der Waals surface area (Å²) in [7, 11) is 0. The van der Waals surface area contributed by atoms with E-state index in [0.29, 0.717) is 13.1 Å². The van der Waals surface area contributed by atoms with Crippen molar-refractivity contribution in [3.05, 3.63) is 77.7 Å². The summed E-state index contributed by atoms with van der Waals surface area (Å²) in [4.78, 5) is 35.3. The van der Waals surface area contributed by atoms with Crippen LogP contribution < -0.4 is 10.2 Å². The van der Waals surface area contributed by atoms with E-state index in [1.807, 2.05) is 56.3 Å². The molecule has 4 rings (SSSR count). The smallest absolute Gasteiger partial charge is 0.227 e. The van der Waals surface area contributed by atoms with Crippen LogP contribution in [0.3, 0.4) is 0 Å². The van der Waals surface area contributed by atoms with Gasteiger partial charge in [0.15, 0.2) is 0 Å². The molecule has 3 heterocycles. The number of aromatic nitrogens is 2. The van der Waals surface area contributed by atoms with Gasteiger partial charge in [0, 0.05) is 49.4 Å². The fourth-order valence-corrected chi connectivity index (χ4v) is 3.62. The molecular weight excluding hydrogens is 376 g/mol. The second-order valence-corrected chi connectivity index (χ2v) is 7.68. The lowest BCUT2D eigenvalue weighted by Crippen LogP contribution is -2.32. The molecule has 0 spiro atoms. The molecule has 1 fully saturated rings. The molecule has 1 aliphatic rings. The molecule has 152 valence electrons. The highest BCUT2D eigenvalue weighted by Crippen LogP contribution is 2.27. The van der Waals surface area contributed by atoms with Gasteiger partial charge in [-0.2, -0.15) is 0 Å². The first kappa shape index (κ1) is 19.8. The molecule has 1 saturated heterocycles. The predicted molar refractivity (Wildman–Crippen MR) is 116 cm³/mol. The summed E-state index contributed by atoms with van der Waals surface area (Å²) in [5.41, 5.74) is 5.94. The minimum atomic E-state index is -0.347. The van der Waals surface area contributed by atoms with Crippen molar-refractivity contribution in [1.29, 1.82) is 0 Å². The Kier molecular flexibility index (Phi) is 5.57. The van der Waals surface area contributed by atoms with Crippen molar-refractivity contribution >= 4 is 17.5 Å². The number of aryl methyl sites for hydroxylation is 2. The van der Waals surface area contributed by atoms with E-state index in [1.54, 1.807) is 23.5 Å². The highest BCUT2D eigenvalue weighted by Gasteiger charge is 2.35. The Morgan fingerprint density at radius 1 is 1.07 bits per heavy atom. The fraction of sp³-hybridized carbons (Fsp3) is 0.250. The molecule has 6 heteroatoms. The lowest BCUT2D eigenvalue weighted by atomic mass is 10.1. The largest absolute Gasteiger partial charge is 0.352 e. The number of carbonyl (C=O) groups is 2. The molecule has 30 heavy (non-hydrogen) atoms. The number of nitrogens with zero attached hydrogens (tertiary/aromatic N) is 3. The summed E-state index contributed by atoms with van der Waals surface area (Å²) in [5.74, 6) is -0.458. The molecule has 2 amide bonds. The Hall–Kier alpha value is -3.54. The van der Waals surface area contributed by atoms with E-state index < -0.39 is 0 Å². The molecule has 2 aromatic heterocycles. The van der Waals surface area contributed by atoms with Crippen LogP contribution in [0.2, 0.25) is 0 Å². The predicted octanol–water partition coefficient (Wildman–Crippen LogP) is 3.43. The first-order valence-electron chi connectivity index (χ1n) is 10.0. The number of carbonyl (C=O) groups excluding carboxylic acids is 2. The molecule has 3 aromatic rings. The number of benzene rings is 1. The molecule has 1 N–H and O–H groups in total. The van der Waals surface area contributed by atoms with Crippen LogP contribution in [0.15, 0.2) is 61.1 Å². The number of nitrogens with one attached hydrogen (secondary N) is 1. The molecule has 0 saturated carbocycles.